The molecule has 0 saturated heterocycles. The van der Waals surface area contributed by atoms with Crippen molar-refractivity contribution in [3.05, 3.63) is 28.1 Å². The van der Waals surface area contributed by atoms with Gasteiger partial charge in [0.1, 0.15) is 5.69 Å². The molecule has 0 bridgehead atoms. The number of nitro groups is 1. The molecule has 0 aromatic carbocycles. The Kier molecular flexibility index (Phi) is 4.59. The summed E-state index contributed by atoms with van der Waals surface area (Å²) in [5.41, 5.74) is -0.705. The number of alkyl halides is 2. The van der Waals surface area contributed by atoms with Crippen molar-refractivity contribution in [1.29, 1.82) is 0 Å². The van der Waals surface area contributed by atoms with E-state index < -0.39 is 16.4 Å². The average molecular weight is 294 g/mol. The third-order valence-corrected chi connectivity index (χ3v) is 3.62. The number of aromatic nitrogens is 1. The number of hydrogen-bond acceptors (Lipinski definition) is 3. The Morgan fingerprint density at radius 1 is 1.56 bits per heavy atom. The SMILES string of the molecule is Cn1cc([N+](=O)[O-])cc1C(=O)NC(C)(CCl)CCl. The summed E-state index contributed by atoms with van der Waals surface area (Å²) < 4.78 is 1.39. The van der Waals surface area contributed by atoms with Gasteiger partial charge in [-0.25, -0.2) is 0 Å². The van der Waals surface area contributed by atoms with Crippen LogP contribution in [0.5, 0.6) is 0 Å². The largest absolute Gasteiger partial charge is 0.343 e. The number of amides is 1. The first-order valence-electron chi connectivity index (χ1n) is 5.08. The number of rotatable bonds is 5. The third-order valence-electron chi connectivity index (χ3n) is 2.44. The zero-order valence-corrected chi connectivity index (χ0v) is 11.5. The molecule has 1 aromatic rings. The fourth-order valence-corrected chi connectivity index (χ4v) is 1.73. The lowest BCUT2D eigenvalue weighted by molar-refractivity contribution is -0.384. The first-order valence-corrected chi connectivity index (χ1v) is 6.15. The predicted molar refractivity (Wildman–Crippen MR) is 69.4 cm³/mol. The molecule has 0 atom stereocenters. The molecular weight excluding hydrogens is 281 g/mol. The zero-order chi connectivity index (χ0) is 13.9. The molecule has 100 valence electrons. The van der Waals surface area contributed by atoms with Gasteiger partial charge in [-0.15, -0.1) is 23.2 Å². The molecule has 0 aliphatic rings. The van der Waals surface area contributed by atoms with E-state index in [-0.39, 0.29) is 23.1 Å². The van der Waals surface area contributed by atoms with E-state index in [1.165, 1.54) is 16.8 Å². The van der Waals surface area contributed by atoms with Crippen LogP contribution >= 0.6 is 23.2 Å². The number of carbonyl (C=O) groups excluding carboxylic acids is 1. The lowest BCUT2D eigenvalue weighted by Crippen LogP contribution is -2.49. The van der Waals surface area contributed by atoms with E-state index in [0.29, 0.717) is 0 Å². The number of aryl methyl sites for hydroxylation is 1. The Balaban J connectivity index is 2.94. The second-order valence-corrected chi connectivity index (χ2v) is 4.77. The third kappa shape index (κ3) is 3.14. The quantitative estimate of drug-likeness (QED) is 0.512. The van der Waals surface area contributed by atoms with Crippen molar-refractivity contribution < 1.29 is 9.72 Å². The highest BCUT2D eigenvalue weighted by atomic mass is 35.5. The van der Waals surface area contributed by atoms with E-state index in [9.17, 15) is 14.9 Å². The number of nitrogens with one attached hydrogen (secondary N) is 1. The van der Waals surface area contributed by atoms with Gasteiger partial charge >= 0.3 is 0 Å². The summed E-state index contributed by atoms with van der Waals surface area (Å²) >= 11 is 11.4. The lowest BCUT2D eigenvalue weighted by atomic mass is 10.1. The summed E-state index contributed by atoms with van der Waals surface area (Å²) in [6, 6.07) is 1.21. The summed E-state index contributed by atoms with van der Waals surface area (Å²) in [4.78, 5) is 22.0. The molecule has 1 aromatic heterocycles. The normalized spacial score (nSPS) is 11.3. The van der Waals surface area contributed by atoms with Gasteiger partial charge in [0.15, 0.2) is 0 Å². The Morgan fingerprint density at radius 2 is 2.11 bits per heavy atom. The summed E-state index contributed by atoms with van der Waals surface area (Å²) in [6.07, 6.45) is 1.27. The molecule has 6 nitrogen and oxygen atoms in total. The zero-order valence-electron chi connectivity index (χ0n) is 9.94. The minimum absolute atomic E-state index is 0.138. The van der Waals surface area contributed by atoms with Gasteiger partial charge in [-0.1, -0.05) is 0 Å². The van der Waals surface area contributed by atoms with Crippen LogP contribution in [-0.4, -0.2) is 32.7 Å². The van der Waals surface area contributed by atoms with Gasteiger partial charge < -0.3 is 9.88 Å². The van der Waals surface area contributed by atoms with Gasteiger partial charge in [-0.05, 0) is 6.92 Å². The van der Waals surface area contributed by atoms with Crippen LogP contribution in [0.4, 0.5) is 5.69 Å². The van der Waals surface area contributed by atoms with Crippen molar-refractivity contribution in [3.8, 4) is 0 Å². The van der Waals surface area contributed by atoms with Crippen LogP contribution in [0.25, 0.3) is 0 Å². The summed E-state index contributed by atoms with van der Waals surface area (Å²) in [6.45, 7) is 1.70. The van der Waals surface area contributed by atoms with Crippen molar-refractivity contribution in [2.24, 2.45) is 7.05 Å². The Bertz CT molecular complexity index is 469. The molecular formula is C10H13Cl2N3O3. The van der Waals surface area contributed by atoms with E-state index in [0.717, 1.165) is 0 Å². The fourth-order valence-electron chi connectivity index (χ4n) is 1.31. The molecule has 1 amide bonds. The van der Waals surface area contributed by atoms with Crippen LogP contribution in [-0.2, 0) is 7.05 Å². The van der Waals surface area contributed by atoms with Gasteiger partial charge in [-0.2, -0.15) is 0 Å². The molecule has 18 heavy (non-hydrogen) atoms. The van der Waals surface area contributed by atoms with Crippen LogP contribution in [0, 0.1) is 10.1 Å². The summed E-state index contributed by atoms with van der Waals surface area (Å²) in [7, 11) is 1.56. The monoisotopic (exact) mass is 293 g/mol. The maximum absolute atomic E-state index is 12.0. The van der Waals surface area contributed by atoms with Gasteiger partial charge in [0.2, 0.25) is 0 Å². The topological polar surface area (TPSA) is 77.2 Å². The van der Waals surface area contributed by atoms with Crippen LogP contribution in [0.1, 0.15) is 17.4 Å². The number of hydrogen-bond donors (Lipinski definition) is 1. The second-order valence-electron chi connectivity index (χ2n) is 4.23. The molecule has 0 aliphatic carbocycles. The van der Waals surface area contributed by atoms with Gasteiger partial charge in [0.25, 0.3) is 11.6 Å². The van der Waals surface area contributed by atoms with Crippen LogP contribution < -0.4 is 5.32 Å². The second kappa shape index (κ2) is 5.58. The maximum Gasteiger partial charge on any atom is 0.287 e. The first kappa shape index (κ1) is 14.8. The van der Waals surface area contributed by atoms with Crippen molar-refractivity contribution in [2.45, 2.75) is 12.5 Å². The molecule has 1 N–H and O–H groups in total. The smallest absolute Gasteiger partial charge is 0.287 e. The van der Waals surface area contributed by atoms with E-state index in [4.69, 9.17) is 23.2 Å². The molecule has 0 aliphatic heterocycles. The highest BCUT2D eigenvalue weighted by Gasteiger charge is 2.27. The number of nitrogens with zero attached hydrogens (tertiary/aromatic N) is 2. The van der Waals surface area contributed by atoms with Crippen molar-refractivity contribution >= 4 is 34.8 Å². The molecule has 1 rings (SSSR count). The summed E-state index contributed by atoms with van der Waals surface area (Å²) in [5.74, 6) is -0.154. The molecule has 0 radical (unpaired) electrons. The van der Waals surface area contributed by atoms with Crippen LogP contribution in [0.2, 0.25) is 0 Å². The average Bonchev–Trinajstić information content (AvgIpc) is 2.71. The number of halogens is 2. The Labute approximate surface area is 114 Å². The first-order chi connectivity index (χ1) is 8.33. The van der Waals surface area contributed by atoms with Crippen molar-refractivity contribution in [2.75, 3.05) is 11.8 Å². The van der Waals surface area contributed by atoms with E-state index in [1.807, 2.05) is 0 Å². The summed E-state index contributed by atoms with van der Waals surface area (Å²) in [5, 5.41) is 13.3. The molecule has 8 heteroatoms. The van der Waals surface area contributed by atoms with Crippen LogP contribution in [0.15, 0.2) is 12.3 Å². The minimum atomic E-state index is -0.751. The molecule has 0 fully saturated rings. The molecule has 0 spiro atoms. The van der Waals surface area contributed by atoms with Crippen molar-refractivity contribution in [3.63, 3.8) is 0 Å². The Morgan fingerprint density at radius 3 is 2.50 bits per heavy atom. The maximum atomic E-state index is 12.0. The molecule has 0 unspecified atom stereocenters. The minimum Gasteiger partial charge on any atom is -0.343 e. The van der Waals surface area contributed by atoms with Crippen molar-refractivity contribution in [1.82, 2.24) is 9.88 Å². The predicted octanol–water partition coefficient (Wildman–Crippen LogP) is 1.90. The number of carbonyl (C=O) groups is 1. The van der Waals surface area contributed by atoms with E-state index in [2.05, 4.69) is 5.32 Å². The standard InChI is InChI=1S/C10H13Cl2N3O3/c1-10(5-11,6-12)13-9(16)8-3-7(15(17)18)4-14(8)2/h3-4H,5-6H2,1-2H3,(H,13,16). The molecule has 0 saturated carbocycles. The van der Waals surface area contributed by atoms with Gasteiger partial charge in [-0.3, -0.25) is 14.9 Å². The van der Waals surface area contributed by atoms with Gasteiger partial charge in [0.05, 0.1) is 16.7 Å². The highest BCUT2D eigenvalue weighted by Crippen LogP contribution is 2.17. The van der Waals surface area contributed by atoms with E-state index >= 15 is 0 Å². The Hall–Kier alpha value is -1.27. The van der Waals surface area contributed by atoms with Crippen LogP contribution in [0.3, 0.4) is 0 Å². The lowest BCUT2D eigenvalue weighted by Gasteiger charge is -2.25. The van der Waals surface area contributed by atoms with Gasteiger partial charge in [0, 0.05) is 24.9 Å². The fraction of sp³-hybridized carbons (Fsp3) is 0.500. The van der Waals surface area contributed by atoms with E-state index in [1.54, 1.807) is 14.0 Å². The highest BCUT2D eigenvalue weighted by molar-refractivity contribution is 6.22. The molecule has 1 heterocycles.